The lowest BCUT2D eigenvalue weighted by molar-refractivity contribution is -0.118. The molecule has 2 heterocycles. The van der Waals surface area contributed by atoms with E-state index in [2.05, 4.69) is 10.4 Å². The molecule has 0 atom stereocenters. The average Bonchev–Trinajstić information content (AvgIpc) is 3.12. The Morgan fingerprint density at radius 2 is 2.00 bits per heavy atom. The zero-order chi connectivity index (χ0) is 15.5. The van der Waals surface area contributed by atoms with Crippen LogP contribution in [-0.4, -0.2) is 34.9 Å². The van der Waals surface area contributed by atoms with Crippen molar-refractivity contribution < 1.29 is 19.2 Å². The van der Waals surface area contributed by atoms with E-state index in [0.717, 1.165) is 10.6 Å². The molecule has 0 bridgehead atoms. The molecule has 1 saturated heterocycles. The zero-order valence-corrected chi connectivity index (χ0v) is 11.3. The number of hydrogen-bond acceptors (Lipinski definition) is 6. The Labute approximate surface area is 125 Å². The topological polar surface area (TPSA) is 107 Å². The number of nitrogens with one attached hydrogen (secondary N) is 2. The second-order valence-corrected chi connectivity index (χ2v) is 4.55. The minimum Gasteiger partial charge on any atom is -0.455 e. The molecule has 2 aromatic rings. The van der Waals surface area contributed by atoms with Crippen molar-refractivity contribution in [3.05, 3.63) is 42.2 Å². The van der Waals surface area contributed by atoms with E-state index in [0.29, 0.717) is 17.2 Å². The molecular weight excluding hydrogens is 288 g/mol. The third-order valence-electron chi connectivity index (χ3n) is 3.02. The summed E-state index contributed by atoms with van der Waals surface area (Å²) in [6.07, 6.45) is 1.37. The lowest BCUT2D eigenvalue weighted by Crippen LogP contribution is -2.24. The molecule has 0 saturated carbocycles. The maximum Gasteiger partial charge on any atom is 0.344 e. The van der Waals surface area contributed by atoms with Crippen LogP contribution in [0.4, 0.5) is 10.5 Å². The molecule has 1 aromatic heterocycles. The van der Waals surface area contributed by atoms with Gasteiger partial charge in [0.2, 0.25) is 5.91 Å². The normalized spacial score (nSPS) is 14.7. The lowest BCUT2D eigenvalue weighted by atomic mass is 10.1. The van der Waals surface area contributed by atoms with Gasteiger partial charge in [0.1, 0.15) is 18.1 Å². The van der Waals surface area contributed by atoms with Gasteiger partial charge in [0.05, 0.1) is 11.9 Å². The third kappa shape index (κ3) is 2.81. The fourth-order valence-electron chi connectivity index (χ4n) is 1.94. The summed E-state index contributed by atoms with van der Waals surface area (Å²) >= 11 is 0. The molecule has 3 amide bonds. The molecular formula is C14H12N4O4. The van der Waals surface area contributed by atoms with E-state index >= 15 is 0 Å². The van der Waals surface area contributed by atoms with Crippen molar-refractivity contribution >= 4 is 23.8 Å². The molecule has 1 aromatic carbocycles. The molecule has 3 N–H and O–H groups in total. The number of anilines is 1. The highest BCUT2D eigenvalue weighted by atomic mass is 16.5. The summed E-state index contributed by atoms with van der Waals surface area (Å²) in [6.45, 7) is -0.0987. The molecule has 0 radical (unpaired) electrons. The van der Waals surface area contributed by atoms with E-state index < -0.39 is 6.03 Å². The summed E-state index contributed by atoms with van der Waals surface area (Å²) in [4.78, 5) is 22.3. The van der Waals surface area contributed by atoms with Crippen LogP contribution < -0.4 is 10.8 Å². The summed E-state index contributed by atoms with van der Waals surface area (Å²) < 4.78 is 5.59. The molecule has 8 heteroatoms. The summed E-state index contributed by atoms with van der Waals surface area (Å²) in [5.41, 5.74) is 3.45. The molecule has 1 fully saturated rings. The lowest BCUT2D eigenvalue weighted by Gasteiger charge is -2.03. The number of furan rings is 1. The molecule has 1 aliphatic rings. The molecule has 0 aliphatic carbocycles. The number of benzene rings is 1. The molecule has 0 unspecified atom stereocenters. The largest absolute Gasteiger partial charge is 0.455 e. The number of nitrogens with zero attached hydrogens (tertiary/aromatic N) is 2. The molecule has 112 valence electrons. The first-order chi connectivity index (χ1) is 10.7. The number of carbonyl (C=O) groups excluding carboxylic acids is 2. The number of imide groups is 1. The predicted molar refractivity (Wildman–Crippen MR) is 77.4 cm³/mol. The molecule has 3 rings (SSSR count). The number of hydrazone groups is 1. The number of hydrogen-bond donors (Lipinski definition) is 3. The standard InChI is InChI=1S/C14H12N4O4/c19-13-8-18(14(20)16-13)15-7-11-5-6-12(22-11)9-1-3-10(17-21)4-2-9/h1-7,17,21H,8H2,(H,16,19,20)/b15-7+. The monoisotopic (exact) mass is 300 g/mol. The highest BCUT2D eigenvalue weighted by molar-refractivity contribution is 6.02. The molecule has 1 aliphatic heterocycles. The van der Waals surface area contributed by atoms with Crippen LogP contribution in [0, 0.1) is 0 Å². The highest BCUT2D eigenvalue weighted by Crippen LogP contribution is 2.23. The predicted octanol–water partition coefficient (Wildman–Crippen LogP) is 1.63. The smallest absolute Gasteiger partial charge is 0.344 e. The van der Waals surface area contributed by atoms with Gasteiger partial charge < -0.3 is 4.42 Å². The van der Waals surface area contributed by atoms with Gasteiger partial charge in [-0.15, -0.1) is 0 Å². The summed E-state index contributed by atoms with van der Waals surface area (Å²) in [7, 11) is 0. The molecule has 22 heavy (non-hydrogen) atoms. The van der Waals surface area contributed by atoms with Crippen LogP contribution in [0.5, 0.6) is 0 Å². The second-order valence-electron chi connectivity index (χ2n) is 4.55. The minimum absolute atomic E-state index is 0.0987. The molecule has 0 spiro atoms. The zero-order valence-electron chi connectivity index (χ0n) is 11.3. The number of amides is 3. The SMILES string of the molecule is O=C1CN(/N=C/c2ccc(-c3ccc(NO)cc3)o2)C(=O)N1. The van der Waals surface area contributed by atoms with Crippen molar-refractivity contribution in [3.63, 3.8) is 0 Å². The first-order valence-corrected chi connectivity index (χ1v) is 6.41. The van der Waals surface area contributed by atoms with Crippen LogP contribution in [-0.2, 0) is 4.79 Å². The fourth-order valence-corrected chi connectivity index (χ4v) is 1.94. The van der Waals surface area contributed by atoms with Gasteiger partial charge in [-0.25, -0.2) is 9.80 Å². The van der Waals surface area contributed by atoms with Crippen molar-refractivity contribution in [1.82, 2.24) is 10.3 Å². The Hall–Kier alpha value is -3.13. The van der Waals surface area contributed by atoms with Crippen molar-refractivity contribution in [2.75, 3.05) is 12.0 Å². The maximum atomic E-state index is 11.3. The fraction of sp³-hybridized carbons (Fsp3) is 0.0714. The summed E-state index contributed by atoms with van der Waals surface area (Å²) in [5, 5.41) is 15.8. The van der Waals surface area contributed by atoms with Gasteiger partial charge in [-0.3, -0.25) is 20.8 Å². The van der Waals surface area contributed by atoms with Gasteiger partial charge in [-0.05, 0) is 36.4 Å². The van der Waals surface area contributed by atoms with Crippen LogP contribution >= 0.6 is 0 Å². The molecule has 8 nitrogen and oxygen atoms in total. The third-order valence-corrected chi connectivity index (χ3v) is 3.02. The van der Waals surface area contributed by atoms with E-state index in [4.69, 9.17) is 9.62 Å². The number of rotatable bonds is 4. The van der Waals surface area contributed by atoms with Crippen LogP contribution in [0.3, 0.4) is 0 Å². The van der Waals surface area contributed by atoms with Crippen LogP contribution in [0.2, 0.25) is 0 Å². The number of urea groups is 1. The van der Waals surface area contributed by atoms with E-state index in [9.17, 15) is 9.59 Å². The van der Waals surface area contributed by atoms with Crippen molar-refractivity contribution in [2.45, 2.75) is 0 Å². The van der Waals surface area contributed by atoms with Gasteiger partial charge in [-0.2, -0.15) is 5.10 Å². The van der Waals surface area contributed by atoms with Gasteiger partial charge in [0.15, 0.2) is 0 Å². The Morgan fingerprint density at radius 1 is 1.23 bits per heavy atom. The highest BCUT2D eigenvalue weighted by Gasteiger charge is 2.25. The van der Waals surface area contributed by atoms with Gasteiger partial charge >= 0.3 is 6.03 Å². The van der Waals surface area contributed by atoms with Crippen LogP contribution in [0.1, 0.15) is 5.76 Å². The maximum absolute atomic E-state index is 11.3. The Kier molecular flexibility index (Phi) is 3.58. The first-order valence-electron chi connectivity index (χ1n) is 6.41. The van der Waals surface area contributed by atoms with Crippen molar-refractivity contribution in [1.29, 1.82) is 0 Å². The summed E-state index contributed by atoms with van der Waals surface area (Å²) in [5.74, 6) is 0.680. The minimum atomic E-state index is -0.555. The van der Waals surface area contributed by atoms with E-state index in [1.807, 2.05) is 5.48 Å². The van der Waals surface area contributed by atoms with Crippen molar-refractivity contribution in [2.24, 2.45) is 5.10 Å². The van der Waals surface area contributed by atoms with E-state index in [1.165, 1.54) is 6.21 Å². The van der Waals surface area contributed by atoms with Gasteiger partial charge in [0, 0.05) is 5.56 Å². The Morgan fingerprint density at radius 3 is 2.64 bits per heavy atom. The van der Waals surface area contributed by atoms with Gasteiger partial charge in [0.25, 0.3) is 0 Å². The average molecular weight is 300 g/mol. The second kappa shape index (κ2) is 5.70. The van der Waals surface area contributed by atoms with Gasteiger partial charge in [-0.1, -0.05) is 0 Å². The quantitative estimate of drug-likeness (QED) is 0.452. The first kappa shape index (κ1) is 13.8. The van der Waals surface area contributed by atoms with Crippen LogP contribution in [0.15, 0.2) is 45.9 Å². The van der Waals surface area contributed by atoms with Crippen LogP contribution in [0.25, 0.3) is 11.3 Å². The van der Waals surface area contributed by atoms with Crippen molar-refractivity contribution in [3.8, 4) is 11.3 Å². The Bertz CT molecular complexity index is 736. The summed E-state index contributed by atoms with van der Waals surface area (Å²) in [6, 6.07) is 9.87. The van der Waals surface area contributed by atoms with E-state index in [1.54, 1.807) is 36.4 Å². The van der Waals surface area contributed by atoms with E-state index in [-0.39, 0.29) is 12.5 Å². The number of carbonyl (C=O) groups is 2. The Balaban J connectivity index is 1.73.